The van der Waals surface area contributed by atoms with E-state index in [-0.39, 0.29) is 18.6 Å². The highest BCUT2D eigenvalue weighted by molar-refractivity contribution is 5.69. The molecule has 0 aliphatic carbocycles. The maximum Gasteiger partial charge on any atom is 0.325 e. The Morgan fingerprint density at radius 1 is 1.79 bits per heavy atom. The molecule has 1 atom stereocenters. The molecule has 0 radical (unpaired) electrons. The van der Waals surface area contributed by atoms with Crippen molar-refractivity contribution in [1.82, 2.24) is 9.55 Å². The molecule has 0 aliphatic rings. The molecule has 0 bridgehead atoms. The summed E-state index contributed by atoms with van der Waals surface area (Å²) < 4.78 is 6.52. The highest BCUT2D eigenvalue weighted by Gasteiger charge is 2.10. The second kappa shape index (κ2) is 4.76. The second-order valence-electron chi connectivity index (χ2n) is 3.04. The fraction of sp³-hybridized carbons (Fsp3) is 0.556. The van der Waals surface area contributed by atoms with Crippen molar-refractivity contribution >= 4 is 5.97 Å². The third kappa shape index (κ3) is 2.56. The molecule has 5 nitrogen and oxygen atoms in total. The zero-order chi connectivity index (χ0) is 10.6. The highest BCUT2D eigenvalue weighted by atomic mass is 16.5. The molecule has 0 saturated heterocycles. The van der Waals surface area contributed by atoms with E-state index in [4.69, 9.17) is 10.5 Å². The number of hydrogen-bond donors (Lipinski definition) is 1. The molecule has 1 aromatic heterocycles. The van der Waals surface area contributed by atoms with E-state index < -0.39 is 0 Å². The molecule has 1 heterocycles. The van der Waals surface area contributed by atoms with Gasteiger partial charge in [0.2, 0.25) is 0 Å². The molecule has 5 heteroatoms. The molecule has 0 unspecified atom stereocenters. The third-order valence-corrected chi connectivity index (χ3v) is 1.82. The van der Waals surface area contributed by atoms with E-state index in [1.165, 1.54) is 0 Å². The molecular weight excluding hydrogens is 182 g/mol. The minimum atomic E-state index is -0.271. The van der Waals surface area contributed by atoms with Crippen molar-refractivity contribution in [1.29, 1.82) is 0 Å². The Labute approximate surface area is 82.9 Å². The van der Waals surface area contributed by atoms with Crippen LogP contribution in [0.5, 0.6) is 0 Å². The number of carbonyl (C=O) groups excluding carboxylic acids is 1. The van der Waals surface area contributed by atoms with Gasteiger partial charge in [0.05, 0.1) is 18.6 Å². The van der Waals surface area contributed by atoms with E-state index in [0.717, 1.165) is 5.69 Å². The van der Waals surface area contributed by atoms with Crippen LogP contribution in [0, 0.1) is 0 Å². The number of hydrogen-bond acceptors (Lipinski definition) is 4. The van der Waals surface area contributed by atoms with Crippen LogP contribution in [0.3, 0.4) is 0 Å². The van der Waals surface area contributed by atoms with Crippen molar-refractivity contribution < 1.29 is 9.53 Å². The second-order valence-corrected chi connectivity index (χ2v) is 3.04. The fourth-order valence-electron chi connectivity index (χ4n) is 1.19. The van der Waals surface area contributed by atoms with E-state index in [1.807, 2.05) is 6.92 Å². The minimum absolute atomic E-state index is 0.132. The molecule has 0 amide bonds. The lowest BCUT2D eigenvalue weighted by Gasteiger charge is -2.09. The lowest BCUT2D eigenvalue weighted by molar-refractivity contribution is -0.143. The smallest absolute Gasteiger partial charge is 0.325 e. The lowest BCUT2D eigenvalue weighted by atomic mass is 10.3. The first-order valence-corrected chi connectivity index (χ1v) is 4.56. The molecule has 1 aromatic rings. The van der Waals surface area contributed by atoms with E-state index >= 15 is 0 Å². The van der Waals surface area contributed by atoms with Crippen molar-refractivity contribution in [2.24, 2.45) is 5.73 Å². The summed E-state index contributed by atoms with van der Waals surface area (Å²) in [6.45, 7) is 4.18. The van der Waals surface area contributed by atoms with Crippen LogP contribution in [0.15, 0.2) is 12.5 Å². The normalized spacial score (nSPS) is 12.5. The van der Waals surface area contributed by atoms with Gasteiger partial charge in [0, 0.05) is 12.2 Å². The average molecular weight is 197 g/mol. The number of nitrogens with two attached hydrogens (primary N) is 1. The van der Waals surface area contributed by atoms with Crippen LogP contribution >= 0.6 is 0 Å². The summed E-state index contributed by atoms with van der Waals surface area (Å²) in [6, 6.07) is -0.132. The number of nitrogens with zero attached hydrogens (tertiary/aromatic N) is 2. The monoisotopic (exact) mass is 197 g/mol. The van der Waals surface area contributed by atoms with Gasteiger partial charge in [0.25, 0.3) is 0 Å². The van der Waals surface area contributed by atoms with Crippen molar-refractivity contribution in [3.05, 3.63) is 18.2 Å². The Bertz CT molecular complexity index is 307. The van der Waals surface area contributed by atoms with Crippen LogP contribution in [-0.2, 0) is 16.1 Å². The van der Waals surface area contributed by atoms with Gasteiger partial charge in [-0.05, 0) is 13.8 Å². The Balaban J connectivity index is 2.66. The molecule has 2 N–H and O–H groups in total. The summed E-state index contributed by atoms with van der Waals surface area (Å²) in [5.41, 5.74) is 6.53. The quantitative estimate of drug-likeness (QED) is 0.712. The first kappa shape index (κ1) is 10.7. The topological polar surface area (TPSA) is 70.1 Å². The molecule has 14 heavy (non-hydrogen) atoms. The van der Waals surface area contributed by atoms with E-state index in [0.29, 0.717) is 6.61 Å². The molecule has 78 valence electrons. The average Bonchev–Trinajstić information content (AvgIpc) is 2.52. The maximum absolute atomic E-state index is 11.2. The van der Waals surface area contributed by atoms with Crippen molar-refractivity contribution in [2.75, 3.05) is 6.61 Å². The molecule has 0 aliphatic heterocycles. The summed E-state index contributed by atoms with van der Waals surface area (Å²) in [4.78, 5) is 15.1. The minimum Gasteiger partial charge on any atom is -0.465 e. The molecule has 0 aromatic carbocycles. The predicted octanol–water partition coefficient (Wildman–Crippen LogP) is 0.466. The lowest BCUT2D eigenvalue weighted by Crippen LogP contribution is -2.18. The summed E-state index contributed by atoms with van der Waals surface area (Å²) in [5.74, 6) is -0.271. The number of rotatable bonds is 4. The van der Waals surface area contributed by atoms with Gasteiger partial charge in [-0.3, -0.25) is 4.79 Å². The van der Waals surface area contributed by atoms with E-state index in [2.05, 4.69) is 4.98 Å². The van der Waals surface area contributed by atoms with Gasteiger partial charge >= 0.3 is 5.97 Å². The third-order valence-electron chi connectivity index (χ3n) is 1.82. The predicted molar refractivity (Wildman–Crippen MR) is 51.5 cm³/mol. The standard InChI is InChI=1S/C9H15N3O2/c1-3-14-9(13)5-12-6-11-4-8(12)7(2)10/h4,6-7H,3,5,10H2,1-2H3/t7-/m0/s1. The molecule has 1 rings (SSSR count). The number of aromatic nitrogens is 2. The van der Waals surface area contributed by atoms with Crippen LogP contribution in [0.4, 0.5) is 0 Å². The number of ether oxygens (including phenoxy) is 1. The fourth-order valence-corrected chi connectivity index (χ4v) is 1.19. The largest absolute Gasteiger partial charge is 0.465 e. The van der Waals surface area contributed by atoms with Crippen LogP contribution in [0.25, 0.3) is 0 Å². The first-order valence-electron chi connectivity index (χ1n) is 4.56. The molecular formula is C9H15N3O2. The van der Waals surface area contributed by atoms with Gasteiger partial charge in [-0.15, -0.1) is 0 Å². The van der Waals surface area contributed by atoms with Crippen molar-refractivity contribution in [3.8, 4) is 0 Å². The Kier molecular flexibility index (Phi) is 3.64. The molecule has 0 saturated carbocycles. The van der Waals surface area contributed by atoms with Gasteiger partial charge < -0.3 is 15.0 Å². The van der Waals surface area contributed by atoms with Gasteiger partial charge in [0.15, 0.2) is 0 Å². The Morgan fingerprint density at radius 2 is 2.50 bits per heavy atom. The van der Waals surface area contributed by atoms with E-state index in [9.17, 15) is 4.79 Å². The van der Waals surface area contributed by atoms with Gasteiger partial charge in [0.1, 0.15) is 6.54 Å². The maximum atomic E-state index is 11.2. The summed E-state index contributed by atoms with van der Waals surface area (Å²) in [7, 11) is 0. The number of imidazole rings is 1. The van der Waals surface area contributed by atoms with Crippen LogP contribution < -0.4 is 5.73 Å². The van der Waals surface area contributed by atoms with Crippen LogP contribution in [-0.4, -0.2) is 22.1 Å². The summed E-state index contributed by atoms with van der Waals surface area (Å²) in [5, 5.41) is 0. The Hall–Kier alpha value is -1.36. The summed E-state index contributed by atoms with van der Waals surface area (Å²) >= 11 is 0. The van der Waals surface area contributed by atoms with Crippen molar-refractivity contribution in [2.45, 2.75) is 26.4 Å². The van der Waals surface area contributed by atoms with Crippen molar-refractivity contribution in [3.63, 3.8) is 0 Å². The zero-order valence-corrected chi connectivity index (χ0v) is 8.43. The van der Waals surface area contributed by atoms with Gasteiger partial charge in [-0.1, -0.05) is 0 Å². The van der Waals surface area contributed by atoms with Crippen LogP contribution in [0.2, 0.25) is 0 Å². The summed E-state index contributed by atoms with van der Waals surface area (Å²) in [6.07, 6.45) is 3.24. The molecule has 0 spiro atoms. The van der Waals surface area contributed by atoms with E-state index in [1.54, 1.807) is 24.0 Å². The number of esters is 1. The number of carbonyl (C=O) groups is 1. The van der Waals surface area contributed by atoms with Gasteiger partial charge in [-0.25, -0.2) is 4.98 Å². The SMILES string of the molecule is CCOC(=O)Cn1cncc1[C@H](C)N. The first-order chi connectivity index (χ1) is 6.65. The van der Waals surface area contributed by atoms with Gasteiger partial charge in [-0.2, -0.15) is 0 Å². The van der Waals surface area contributed by atoms with Crippen LogP contribution in [0.1, 0.15) is 25.6 Å². The Morgan fingerprint density at radius 3 is 3.07 bits per heavy atom. The zero-order valence-electron chi connectivity index (χ0n) is 8.43. The molecule has 0 fully saturated rings. The highest BCUT2D eigenvalue weighted by Crippen LogP contribution is 2.08.